The molecule has 0 aromatic heterocycles. The maximum absolute atomic E-state index is 3.06. The van der Waals surface area contributed by atoms with Crippen molar-refractivity contribution < 1.29 is 31.1 Å². The van der Waals surface area contributed by atoms with Gasteiger partial charge in [-0.3, -0.25) is 6.08 Å². The van der Waals surface area contributed by atoms with E-state index in [0.29, 0.717) is 5.92 Å². The quantitative estimate of drug-likeness (QED) is 0.610. The molecule has 0 heterocycles. The Bertz CT molecular complexity index is 221. The summed E-state index contributed by atoms with van der Waals surface area (Å²) in [6, 6.07) is 0. The molecular weight excluding hydrogens is 370 g/mol. The van der Waals surface area contributed by atoms with Gasteiger partial charge in [0.15, 0.2) is 0 Å². The van der Waals surface area contributed by atoms with Crippen LogP contribution in [0.3, 0.4) is 0 Å². The minimum atomic E-state index is 0. The summed E-state index contributed by atoms with van der Waals surface area (Å²) >= 11 is 0. The van der Waals surface area contributed by atoms with Crippen LogP contribution in [0.2, 0.25) is 0 Å². The first-order valence-electron chi connectivity index (χ1n) is 3.94. The molecule has 62 valence electrons. The molecule has 0 N–H and O–H groups in total. The number of hydrogen-bond acceptors (Lipinski definition) is 0. The van der Waals surface area contributed by atoms with Crippen LogP contribution in [0.1, 0.15) is 20.8 Å². The van der Waals surface area contributed by atoms with E-state index in [0.717, 1.165) is 0 Å². The molecule has 1 atom stereocenters. The Hall–Kier alpha value is 0.142. The molecule has 0 saturated heterocycles. The summed E-state index contributed by atoms with van der Waals surface area (Å²) in [6.45, 7) is 6.21. The number of hydrogen-bond donors (Lipinski definition) is 0. The zero-order chi connectivity index (χ0) is 8.27. The van der Waals surface area contributed by atoms with Crippen LogP contribution in [0.15, 0.2) is 29.4 Å². The summed E-state index contributed by atoms with van der Waals surface area (Å²) in [5.41, 5.74) is 2.73. The predicted octanol–water partition coefficient (Wildman–Crippen LogP) is 3.09. The predicted molar refractivity (Wildman–Crippen MR) is 48.8 cm³/mol. The summed E-state index contributed by atoms with van der Waals surface area (Å²) in [7, 11) is 0. The largest absolute Gasteiger partial charge is 2.00 e. The molecule has 12 heavy (non-hydrogen) atoms. The summed E-state index contributed by atoms with van der Waals surface area (Å²) in [4.78, 5) is 0. The molecule has 0 radical (unpaired) electrons. The molecule has 0 fully saturated rings. The van der Waals surface area contributed by atoms with Crippen molar-refractivity contribution in [1.29, 1.82) is 0 Å². The van der Waals surface area contributed by atoms with E-state index < -0.39 is 0 Å². The molecule has 0 saturated carbocycles. The minimum Gasteiger partial charge on any atom is -0.504 e. The molecule has 1 unspecified atom stereocenters. The first kappa shape index (κ1) is 12.1. The third-order valence-corrected chi connectivity index (χ3v) is 1.92. The fraction of sp³-hybridized carbons (Fsp3) is 0.364. The van der Waals surface area contributed by atoms with Crippen LogP contribution in [0.4, 0.5) is 0 Å². The third kappa shape index (κ3) is 3.25. The summed E-state index contributed by atoms with van der Waals surface area (Å²) < 4.78 is 0. The molecule has 0 nitrogen and oxygen atoms in total. The number of allylic oxidation sites excluding steroid dienone is 6. The standard InChI is InChI=1S/C11H14.U/c1-4-5-11-8-9(2)6-7-10(11)3;/h5-8,11H,1-3H3;/q-2;+2. The van der Waals surface area contributed by atoms with Gasteiger partial charge in [0.05, 0.1) is 0 Å². The first-order chi connectivity index (χ1) is 5.24. The van der Waals surface area contributed by atoms with Crippen LogP contribution in [0.5, 0.6) is 0 Å². The van der Waals surface area contributed by atoms with Crippen LogP contribution in [0.25, 0.3) is 0 Å². The first-order valence-corrected chi connectivity index (χ1v) is 3.94. The van der Waals surface area contributed by atoms with Crippen LogP contribution >= 0.6 is 0 Å². The SMILES string of the molecule is C[C-]=CC1[CH-]C(C)=CC=C1C.[U+2]. The smallest absolute Gasteiger partial charge is 0.504 e. The van der Waals surface area contributed by atoms with E-state index in [-0.39, 0.29) is 31.1 Å². The second-order valence-electron chi connectivity index (χ2n) is 2.97. The second kappa shape index (κ2) is 5.73. The van der Waals surface area contributed by atoms with Gasteiger partial charge in [-0.25, -0.2) is 18.1 Å². The summed E-state index contributed by atoms with van der Waals surface area (Å²) in [6.07, 6.45) is 11.7. The van der Waals surface area contributed by atoms with Gasteiger partial charge in [-0.1, -0.05) is 18.4 Å². The van der Waals surface area contributed by atoms with Crippen molar-refractivity contribution in [3.8, 4) is 0 Å². The number of rotatable bonds is 1. The maximum Gasteiger partial charge on any atom is 2.00 e. The van der Waals surface area contributed by atoms with Crippen molar-refractivity contribution in [1.82, 2.24) is 0 Å². The van der Waals surface area contributed by atoms with Gasteiger partial charge in [0, 0.05) is 0 Å². The van der Waals surface area contributed by atoms with Gasteiger partial charge in [-0.2, -0.15) is 6.92 Å². The van der Waals surface area contributed by atoms with Crippen LogP contribution in [-0.4, -0.2) is 0 Å². The minimum absolute atomic E-state index is 0. The Morgan fingerprint density at radius 1 is 1.42 bits per heavy atom. The monoisotopic (exact) mass is 384 g/mol. The molecule has 0 aromatic rings. The fourth-order valence-corrected chi connectivity index (χ4v) is 1.20. The normalized spacial score (nSPS) is 22.4. The molecule has 1 rings (SSSR count). The van der Waals surface area contributed by atoms with Gasteiger partial charge in [-0.05, 0) is 6.92 Å². The average molecular weight is 384 g/mol. The molecular formula is C11H14U. The van der Waals surface area contributed by atoms with E-state index in [1.54, 1.807) is 0 Å². The zero-order valence-electron chi connectivity index (χ0n) is 7.89. The van der Waals surface area contributed by atoms with Gasteiger partial charge in [0.1, 0.15) is 0 Å². The van der Waals surface area contributed by atoms with Crippen molar-refractivity contribution in [2.45, 2.75) is 20.8 Å². The average Bonchev–Trinajstić information content (AvgIpc) is 1.98. The Labute approximate surface area is 99.2 Å². The van der Waals surface area contributed by atoms with Crippen molar-refractivity contribution >= 4 is 0 Å². The van der Waals surface area contributed by atoms with Gasteiger partial charge in [0.2, 0.25) is 0 Å². The topological polar surface area (TPSA) is 0 Å². The van der Waals surface area contributed by atoms with E-state index in [2.05, 4.69) is 44.6 Å². The molecule has 0 bridgehead atoms. The Morgan fingerprint density at radius 3 is 2.67 bits per heavy atom. The summed E-state index contributed by atoms with van der Waals surface area (Å²) in [5, 5.41) is 0. The van der Waals surface area contributed by atoms with E-state index in [9.17, 15) is 0 Å². The fourth-order valence-electron chi connectivity index (χ4n) is 1.20. The van der Waals surface area contributed by atoms with Crippen molar-refractivity contribution in [2.24, 2.45) is 5.92 Å². The van der Waals surface area contributed by atoms with E-state index >= 15 is 0 Å². The summed E-state index contributed by atoms with van der Waals surface area (Å²) in [5.74, 6) is 0.477. The van der Waals surface area contributed by atoms with E-state index in [1.165, 1.54) is 11.1 Å². The Morgan fingerprint density at radius 2 is 2.08 bits per heavy atom. The van der Waals surface area contributed by atoms with Crippen LogP contribution < -0.4 is 0 Å². The molecule has 1 aliphatic carbocycles. The molecule has 0 amide bonds. The maximum atomic E-state index is 3.06. The van der Waals surface area contributed by atoms with E-state index in [1.807, 2.05) is 6.92 Å². The Balaban J connectivity index is 0.00000121. The van der Waals surface area contributed by atoms with Gasteiger partial charge in [-0.15, -0.1) is 6.08 Å². The van der Waals surface area contributed by atoms with Crippen molar-refractivity contribution in [3.05, 3.63) is 41.9 Å². The Kier molecular flexibility index (Phi) is 5.80. The second-order valence-corrected chi connectivity index (χ2v) is 2.97. The van der Waals surface area contributed by atoms with Crippen LogP contribution in [0, 0.1) is 49.5 Å². The van der Waals surface area contributed by atoms with Gasteiger partial charge >= 0.3 is 31.1 Å². The van der Waals surface area contributed by atoms with Gasteiger partial charge < -0.3 is 6.08 Å². The van der Waals surface area contributed by atoms with Crippen molar-refractivity contribution in [2.75, 3.05) is 0 Å². The van der Waals surface area contributed by atoms with E-state index in [4.69, 9.17) is 0 Å². The molecule has 0 aliphatic heterocycles. The zero-order valence-corrected chi connectivity index (χ0v) is 12.1. The van der Waals surface area contributed by atoms with Crippen LogP contribution in [-0.2, 0) is 0 Å². The molecule has 0 aromatic carbocycles. The molecule has 1 aliphatic rings. The van der Waals surface area contributed by atoms with Gasteiger partial charge in [0.25, 0.3) is 0 Å². The third-order valence-electron chi connectivity index (χ3n) is 1.92. The molecule has 1 heteroatoms. The van der Waals surface area contributed by atoms with Crippen molar-refractivity contribution in [3.63, 3.8) is 0 Å². The molecule has 0 spiro atoms.